The average Bonchev–Trinajstić information content (AvgIpc) is 3.41. The van der Waals surface area contributed by atoms with Gasteiger partial charge < -0.3 is 14.5 Å². The van der Waals surface area contributed by atoms with Crippen molar-refractivity contribution in [1.29, 1.82) is 0 Å². The van der Waals surface area contributed by atoms with Crippen LogP contribution in [0.5, 0.6) is 0 Å². The van der Waals surface area contributed by atoms with E-state index in [1.807, 2.05) is 44.1 Å². The molecule has 0 radical (unpaired) electrons. The summed E-state index contributed by atoms with van der Waals surface area (Å²) in [4.78, 5) is 21.2. The molecule has 2 saturated heterocycles. The quantitative estimate of drug-likeness (QED) is 0.668. The molecule has 3 aromatic rings. The van der Waals surface area contributed by atoms with E-state index >= 15 is 0 Å². The van der Waals surface area contributed by atoms with Crippen LogP contribution in [-0.4, -0.2) is 56.4 Å². The Hall–Kier alpha value is -3.09. The van der Waals surface area contributed by atoms with Crippen LogP contribution in [0.15, 0.2) is 48.9 Å². The van der Waals surface area contributed by atoms with Gasteiger partial charge in [-0.25, -0.2) is 14.3 Å². The van der Waals surface area contributed by atoms with E-state index in [2.05, 4.69) is 39.2 Å². The Labute approximate surface area is 169 Å². The Morgan fingerprint density at radius 3 is 2.55 bits per heavy atom. The lowest BCUT2D eigenvalue weighted by Gasteiger charge is -2.36. The zero-order valence-electron chi connectivity index (χ0n) is 16.9. The summed E-state index contributed by atoms with van der Waals surface area (Å²) in [6.45, 7) is 7.30. The Morgan fingerprint density at radius 2 is 1.86 bits per heavy atom. The molecule has 7 heteroatoms. The monoisotopic (exact) mass is 391 g/mol. The summed E-state index contributed by atoms with van der Waals surface area (Å²) in [5.74, 6) is 0. The topological polar surface area (TPSA) is 63.0 Å². The van der Waals surface area contributed by atoms with Gasteiger partial charge in [0.1, 0.15) is 5.60 Å². The summed E-state index contributed by atoms with van der Waals surface area (Å²) >= 11 is 0. The van der Waals surface area contributed by atoms with Gasteiger partial charge in [0.25, 0.3) is 0 Å². The molecule has 1 amide bonds. The molecule has 0 N–H and O–H groups in total. The summed E-state index contributed by atoms with van der Waals surface area (Å²) in [6.07, 6.45) is 6.43. The average molecular weight is 391 g/mol. The van der Waals surface area contributed by atoms with Gasteiger partial charge in [-0.15, -0.1) is 0 Å². The SMILES string of the molecule is CC(C)(C)OC(=O)N1C[C@@H]2C[C@H]1CN2c1ccc(-c2cnc3ccnn3c2)cc1. The molecule has 2 atom stereocenters. The van der Waals surface area contributed by atoms with E-state index in [1.165, 1.54) is 5.69 Å². The van der Waals surface area contributed by atoms with E-state index in [4.69, 9.17) is 4.74 Å². The highest BCUT2D eigenvalue weighted by Gasteiger charge is 2.46. The molecule has 150 valence electrons. The number of aromatic nitrogens is 3. The lowest BCUT2D eigenvalue weighted by molar-refractivity contribution is 0.0215. The molecule has 4 heterocycles. The van der Waals surface area contributed by atoms with E-state index in [9.17, 15) is 4.79 Å². The number of carbonyl (C=O) groups is 1. The van der Waals surface area contributed by atoms with Crippen LogP contribution in [0.2, 0.25) is 0 Å². The van der Waals surface area contributed by atoms with Gasteiger partial charge in [0.2, 0.25) is 0 Å². The third-order valence-corrected chi connectivity index (χ3v) is 5.65. The number of anilines is 1. The molecular weight excluding hydrogens is 366 g/mol. The van der Waals surface area contributed by atoms with Gasteiger partial charge in [-0.1, -0.05) is 12.1 Å². The van der Waals surface area contributed by atoms with Crippen LogP contribution in [0.3, 0.4) is 0 Å². The van der Waals surface area contributed by atoms with Crippen molar-refractivity contribution in [3.63, 3.8) is 0 Å². The number of piperazine rings is 1. The Balaban J connectivity index is 1.29. The molecule has 2 fully saturated rings. The highest BCUT2D eigenvalue weighted by Crippen LogP contribution is 2.36. The molecule has 2 bridgehead atoms. The predicted molar refractivity (Wildman–Crippen MR) is 111 cm³/mol. The van der Waals surface area contributed by atoms with E-state index in [1.54, 1.807) is 10.7 Å². The second-order valence-corrected chi connectivity index (χ2v) is 8.85. The first-order valence-electron chi connectivity index (χ1n) is 10.0. The van der Waals surface area contributed by atoms with Gasteiger partial charge in [-0.2, -0.15) is 5.10 Å². The van der Waals surface area contributed by atoms with E-state index in [0.29, 0.717) is 6.04 Å². The number of fused-ring (bicyclic) bond motifs is 3. The van der Waals surface area contributed by atoms with Crippen molar-refractivity contribution in [3.8, 4) is 11.1 Å². The van der Waals surface area contributed by atoms with E-state index in [0.717, 1.165) is 36.3 Å². The fraction of sp³-hybridized carbons (Fsp3) is 0.409. The third kappa shape index (κ3) is 3.30. The maximum Gasteiger partial charge on any atom is 0.410 e. The standard InChI is InChI=1S/C22H25N5O2/c1-22(2,3)29-21(28)26-14-18-10-19(26)13-25(18)17-6-4-15(5-7-17)16-11-23-20-8-9-24-27(20)12-16/h4-9,11-12,18-19H,10,13-14H2,1-3H3/t18-,19-/m0/s1. The van der Waals surface area contributed by atoms with Crippen LogP contribution in [0.25, 0.3) is 16.8 Å². The smallest absolute Gasteiger partial charge is 0.410 e. The Bertz CT molecular complexity index is 1050. The third-order valence-electron chi connectivity index (χ3n) is 5.65. The highest BCUT2D eigenvalue weighted by molar-refractivity contribution is 5.71. The Morgan fingerprint density at radius 1 is 1.07 bits per heavy atom. The summed E-state index contributed by atoms with van der Waals surface area (Å²) in [7, 11) is 0. The number of rotatable bonds is 2. The zero-order chi connectivity index (χ0) is 20.2. The number of hydrogen-bond donors (Lipinski definition) is 0. The van der Waals surface area contributed by atoms with Crippen LogP contribution in [0, 0.1) is 0 Å². The van der Waals surface area contributed by atoms with Crippen molar-refractivity contribution in [2.45, 2.75) is 44.9 Å². The number of amides is 1. The van der Waals surface area contributed by atoms with Crippen molar-refractivity contribution in [2.24, 2.45) is 0 Å². The van der Waals surface area contributed by atoms with Gasteiger partial charge in [-0.3, -0.25) is 0 Å². The minimum atomic E-state index is -0.456. The number of likely N-dealkylation sites (tertiary alicyclic amines) is 1. The first-order valence-corrected chi connectivity index (χ1v) is 10.0. The molecule has 0 aliphatic carbocycles. The van der Waals surface area contributed by atoms with E-state index < -0.39 is 5.60 Å². The number of benzene rings is 1. The first-order chi connectivity index (χ1) is 13.9. The van der Waals surface area contributed by atoms with Crippen LogP contribution in [0.4, 0.5) is 10.5 Å². The number of carbonyl (C=O) groups excluding carboxylic acids is 1. The van der Waals surface area contributed by atoms with Crippen LogP contribution in [0.1, 0.15) is 27.2 Å². The Kier molecular flexibility index (Phi) is 4.01. The van der Waals surface area contributed by atoms with Gasteiger partial charge in [0.15, 0.2) is 5.65 Å². The fourth-order valence-electron chi connectivity index (χ4n) is 4.33. The van der Waals surface area contributed by atoms with E-state index in [-0.39, 0.29) is 12.1 Å². The molecule has 7 nitrogen and oxygen atoms in total. The van der Waals surface area contributed by atoms with Crippen molar-refractivity contribution < 1.29 is 9.53 Å². The number of ether oxygens (including phenoxy) is 1. The molecule has 1 aromatic carbocycles. The maximum atomic E-state index is 12.4. The molecule has 0 spiro atoms. The van der Waals surface area contributed by atoms with Crippen molar-refractivity contribution in [1.82, 2.24) is 19.5 Å². The minimum Gasteiger partial charge on any atom is -0.444 e. The molecule has 2 aliphatic rings. The van der Waals surface area contributed by atoms with Crippen molar-refractivity contribution in [2.75, 3.05) is 18.0 Å². The highest BCUT2D eigenvalue weighted by atomic mass is 16.6. The molecule has 5 rings (SSSR count). The zero-order valence-corrected chi connectivity index (χ0v) is 16.9. The van der Waals surface area contributed by atoms with Crippen molar-refractivity contribution in [3.05, 3.63) is 48.9 Å². The first kappa shape index (κ1) is 18.0. The van der Waals surface area contributed by atoms with Crippen LogP contribution < -0.4 is 4.90 Å². The molecular formula is C22H25N5O2. The largest absolute Gasteiger partial charge is 0.444 e. The lowest BCUT2D eigenvalue weighted by atomic mass is 10.1. The fourth-order valence-corrected chi connectivity index (χ4v) is 4.33. The second-order valence-electron chi connectivity index (χ2n) is 8.85. The van der Waals surface area contributed by atoms with Crippen LogP contribution >= 0.6 is 0 Å². The summed E-state index contributed by atoms with van der Waals surface area (Å²) < 4.78 is 7.35. The van der Waals surface area contributed by atoms with Crippen molar-refractivity contribution >= 4 is 17.4 Å². The predicted octanol–water partition coefficient (Wildman–Crippen LogP) is 3.59. The summed E-state index contributed by atoms with van der Waals surface area (Å²) in [5.41, 5.74) is 3.72. The van der Waals surface area contributed by atoms with Gasteiger partial charge in [0.05, 0.1) is 12.2 Å². The maximum absolute atomic E-state index is 12.4. The molecule has 29 heavy (non-hydrogen) atoms. The minimum absolute atomic E-state index is 0.193. The molecule has 0 saturated carbocycles. The van der Waals surface area contributed by atoms with Gasteiger partial charge in [-0.05, 0) is 44.9 Å². The molecule has 0 unspecified atom stereocenters. The summed E-state index contributed by atoms with van der Waals surface area (Å²) in [5, 5.41) is 4.26. The summed E-state index contributed by atoms with van der Waals surface area (Å²) in [6, 6.07) is 11.0. The number of hydrogen-bond acceptors (Lipinski definition) is 5. The molecule has 2 aromatic heterocycles. The second kappa shape index (κ2) is 6.47. The van der Waals surface area contributed by atoms with Gasteiger partial charge >= 0.3 is 6.09 Å². The lowest BCUT2D eigenvalue weighted by Crippen LogP contribution is -2.50. The van der Waals surface area contributed by atoms with Gasteiger partial charge in [0, 0.05) is 48.8 Å². The van der Waals surface area contributed by atoms with Crippen LogP contribution in [-0.2, 0) is 4.74 Å². The number of nitrogens with zero attached hydrogens (tertiary/aromatic N) is 5. The molecule has 2 aliphatic heterocycles. The normalized spacial score (nSPS) is 21.2.